The summed E-state index contributed by atoms with van der Waals surface area (Å²) >= 11 is 0. The van der Waals surface area contributed by atoms with Crippen LogP contribution in [0.2, 0.25) is 0 Å². The summed E-state index contributed by atoms with van der Waals surface area (Å²) in [6, 6.07) is 13.9. The molecule has 3 aromatic rings. The smallest absolute Gasteiger partial charge is 0.259 e. The molecule has 0 N–H and O–H groups in total. The SMILES string of the molecule is COCCn1ccc2ccc(N3Cc4ccc(OC)cc4C3=O)cc21. The number of carbonyl (C=O) groups excluding carboxylic acids is 1. The molecule has 0 bridgehead atoms. The molecule has 0 saturated heterocycles. The molecular formula is C20H20N2O3. The van der Waals surface area contributed by atoms with Crippen LogP contribution in [-0.2, 0) is 17.8 Å². The van der Waals surface area contributed by atoms with Gasteiger partial charge in [-0.2, -0.15) is 0 Å². The van der Waals surface area contributed by atoms with Gasteiger partial charge in [0.15, 0.2) is 0 Å². The number of hydrogen-bond donors (Lipinski definition) is 0. The predicted molar refractivity (Wildman–Crippen MR) is 97.3 cm³/mol. The Balaban J connectivity index is 1.69. The van der Waals surface area contributed by atoms with Crippen LogP contribution >= 0.6 is 0 Å². The number of anilines is 1. The second-order valence-electron chi connectivity index (χ2n) is 6.16. The van der Waals surface area contributed by atoms with Crippen LogP contribution in [0.25, 0.3) is 10.9 Å². The van der Waals surface area contributed by atoms with E-state index >= 15 is 0 Å². The van der Waals surface area contributed by atoms with E-state index in [1.54, 1.807) is 14.2 Å². The number of fused-ring (bicyclic) bond motifs is 2. The van der Waals surface area contributed by atoms with Crippen molar-refractivity contribution in [2.24, 2.45) is 0 Å². The molecule has 5 nitrogen and oxygen atoms in total. The van der Waals surface area contributed by atoms with Crippen molar-refractivity contribution < 1.29 is 14.3 Å². The maximum absolute atomic E-state index is 12.8. The predicted octanol–water partition coefficient (Wildman–Crippen LogP) is 3.46. The summed E-state index contributed by atoms with van der Waals surface area (Å²) in [5.41, 5.74) is 3.76. The molecule has 2 aromatic carbocycles. The summed E-state index contributed by atoms with van der Waals surface area (Å²) in [7, 11) is 3.31. The lowest BCUT2D eigenvalue weighted by atomic mass is 10.1. The van der Waals surface area contributed by atoms with Crippen LogP contribution in [0.4, 0.5) is 5.69 Å². The molecule has 4 rings (SSSR count). The number of methoxy groups -OCH3 is 2. The number of benzene rings is 2. The Labute approximate surface area is 146 Å². The van der Waals surface area contributed by atoms with Crippen molar-refractivity contribution in [3.05, 3.63) is 59.8 Å². The molecule has 25 heavy (non-hydrogen) atoms. The van der Waals surface area contributed by atoms with E-state index in [0.29, 0.717) is 24.5 Å². The summed E-state index contributed by atoms with van der Waals surface area (Å²) in [6.45, 7) is 2.03. The van der Waals surface area contributed by atoms with Gasteiger partial charge in [0.25, 0.3) is 5.91 Å². The third-order valence-electron chi connectivity index (χ3n) is 4.73. The van der Waals surface area contributed by atoms with E-state index in [0.717, 1.165) is 28.7 Å². The fourth-order valence-electron chi connectivity index (χ4n) is 3.34. The first-order chi connectivity index (χ1) is 12.2. The summed E-state index contributed by atoms with van der Waals surface area (Å²) in [5, 5.41) is 1.16. The summed E-state index contributed by atoms with van der Waals surface area (Å²) in [6.07, 6.45) is 2.05. The van der Waals surface area contributed by atoms with Gasteiger partial charge in [0.2, 0.25) is 0 Å². The first kappa shape index (κ1) is 15.7. The van der Waals surface area contributed by atoms with Crippen LogP contribution in [0, 0.1) is 0 Å². The van der Waals surface area contributed by atoms with Crippen molar-refractivity contribution in [2.75, 3.05) is 25.7 Å². The van der Waals surface area contributed by atoms with E-state index in [1.807, 2.05) is 29.2 Å². The topological polar surface area (TPSA) is 43.7 Å². The van der Waals surface area contributed by atoms with Gasteiger partial charge in [-0.1, -0.05) is 12.1 Å². The summed E-state index contributed by atoms with van der Waals surface area (Å²) in [5.74, 6) is 0.723. The molecule has 128 valence electrons. The Kier molecular flexibility index (Phi) is 3.93. The number of rotatable bonds is 5. The maximum Gasteiger partial charge on any atom is 0.259 e. The lowest BCUT2D eigenvalue weighted by Crippen LogP contribution is -2.22. The Morgan fingerprint density at radius 2 is 1.96 bits per heavy atom. The van der Waals surface area contributed by atoms with Gasteiger partial charge in [0.05, 0.1) is 25.8 Å². The number of nitrogens with zero attached hydrogens (tertiary/aromatic N) is 2. The van der Waals surface area contributed by atoms with Gasteiger partial charge in [0, 0.05) is 31.1 Å². The minimum Gasteiger partial charge on any atom is -0.497 e. The molecule has 0 atom stereocenters. The van der Waals surface area contributed by atoms with Gasteiger partial charge in [-0.3, -0.25) is 4.79 Å². The van der Waals surface area contributed by atoms with E-state index in [9.17, 15) is 4.79 Å². The molecule has 0 spiro atoms. The maximum atomic E-state index is 12.8. The van der Waals surface area contributed by atoms with Gasteiger partial charge in [0.1, 0.15) is 5.75 Å². The summed E-state index contributed by atoms with van der Waals surface area (Å²) < 4.78 is 12.6. The fourth-order valence-corrected chi connectivity index (χ4v) is 3.34. The van der Waals surface area contributed by atoms with Crippen molar-refractivity contribution in [3.8, 4) is 5.75 Å². The Bertz CT molecular complexity index is 945. The average molecular weight is 336 g/mol. The van der Waals surface area contributed by atoms with Crippen LogP contribution in [0.3, 0.4) is 0 Å². The van der Waals surface area contributed by atoms with Gasteiger partial charge < -0.3 is 18.9 Å². The second-order valence-corrected chi connectivity index (χ2v) is 6.16. The highest BCUT2D eigenvalue weighted by Crippen LogP contribution is 2.32. The lowest BCUT2D eigenvalue weighted by Gasteiger charge is -2.16. The molecule has 1 aliphatic heterocycles. The lowest BCUT2D eigenvalue weighted by molar-refractivity contribution is 0.0996. The molecule has 0 fully saturated rings. The standard InChI is InChI=1S/C20H20N2O3/c1-24-10-9-21-8-7-14-3-5-16(11-19(14)21)22-13-15-4-6-17(25-2)12-18(15)20(22)23/h3-8,11-12H,9-10,13H2,1-2H3. The monoisotopic (exact) mass is 336 g/mol. The van der Waals surface area contributed by atoms with Gasteiger partial charge in [-0.05, 0) is 41.3 Å². The zero-order chi connectivity index (χ0) is 17.4. The van der Waals surface area contributed by atoms with Crippen LogP contribution in [-0.4, -0.2) is 31.3 Å². The van der Waals surface area contributed by atoms with Gasteiger partial charge >= 0.3 is 0 Å². The number of carbonyl (C=O) groups is 1. The highest BCUT2D eigenvalue weighted by atomic mass is 16.5. The third-order valence-corrected chi connectivity index (χ3v) is 4.73. The minimum atomic E-state index is 0.0169. The van der Waals surface area contributed by atoms with Crippen molar-refractivity contribution in [2.45, 2.75) is 13.1 Å². The first-order valence-electron chi connectivity index (χ1n) is 8.28. The number of aromatic nitrogens is 1. The quantitative estimate of drug-likeness (QED) is 0.717. The van der Waals surface area contributed by atoms with Crippen LogP contribution < -0.4 is 9.64 Å². The number of hydrogen-bond acceptors (Lipinski definition) is 3. The number of amides is 1. The average Bonchev–Trinajstić information content (AvgIpc) is 3.20. The van der Waals surface area contributed by atoms with E-state index in [4.69, 9.17) is 9.47 Å². The largest absolute Gasteiger partial charge is 0.497 e. The van der Waals surface area contributed by atoms with Crippen LogP contribution in [0.1, 0.15) is 15.9 Å². The first-order valence-corrected chi connectivity index (χ1v) is 8.28. The molecule has 0 aliphatic carbocycles. The summed E-state index contributed by atoms with van der Waals surface area (Å²) in [4.78, 5) is 14.7. The van der Waals surface area contributed by atoms with E-state index < -0.39 is 0 Å². The third kappa shape index (κ3) is 2.66. The molecule has 1 aliphatic rings. The number of ether oxygens (including phenoxy) is 2. The van der Waals surface area contributed by atoms with Gasteiger partial charge in [-0.25, -0.2) is 0 Å². The highest BCUT2D eigenvalue weighted by molar-refractivity contribution is 6.10. The Hall–Kier alpha value is -2.79. The molecular weight excluding hydrogens is 316 g/mol. The van der Waals surface area contributed by atoms with E-state index in [-0.39, 0.29) is 5.91 Å². The molecule has 1 aromatic heterocycles. The fraction of sp³-hybridized carbons (Fsp3) is 0.250. The Morgan fingerprint density at radius 3 is 2.76 bits per heavy atom. The van der Waals surface area contributed by atoms with Crippen molar-refractivity contribution in [1.29, 1.82) is 0 Å². The molecule has 0 saturated carbocycles. The second kappa shape index (κ2) is 6.26. The molecule has 1 amide bonds. The molecule has 5 heteroatoms. The van der Waals surface area contributed by atoms with E-state index in [2.05, 4.69) is 29.0 Å². The van der Waals surface area contributed by atoms with Gasteiger partial charge in [-0.15, -0.1) is 0 Å². The molecule has 0 radical (unpaired) electrons. The van der Waals surface area contributed by atoms with E-state index in [1.165, 1.54) is 0 Å². The molecule has 2 heterocycles. The Morgan fingerprint density at radius 1 is 1.08 bits per heavy atom. The van der Waals surface area contributed by atoms with Crippen molar-refractivity contribution in [1.82, 2.24) is 4.57 Å². The zero-order valence-corrected chi connectivity index (χ0v) is 14.4. The van der Waals surface area contributed by atoms with Crippen LogP contribution in [0.15, 0.2) is 48.7 Å². The van der Waals surface area contributed by atoms with Crippen molar-refractivity contribution in [3.63, 3.8) is 0 Å². The highest BCUT2D eigenvalue weighted by Gasteiger charge is 2.29. The molecule has 0 unspecified atom stereocenters. The minimum absolute atomic E-state index is 0.0169. The van der Waals surface area contributed by atoms with Crippen LogP contribution in [0.5, 0.6) is 5.75 Å². The normalized spacial score (nSPS) is 13.5. The van der Waals surface area contributed by atoms with Crippen molar-refractivity contribution >= 4 is 22.5 Å². The zero-order valence-electron chi connectivity index (χ0n) is 14.4.